The van der Waals surface area contributed by atoms with Gasteiger partial charge in [-0.05, 0) is 23.1 Å². The molecule has 0 aliphatic heterocycles. The van der Waals surface area contributed by atoms with Crippen LogP contribution in [0.15, 0.2) is 66.1 Å². The van der Waals surface area contributed by atoms with Gasteiger partial charge in [0.15, 0.2) is 10.9 Å². The highest BCUT2D eigenvalue weighted by Crippen LogP contribution is 2.24. The molecule has 5 heteroatoms. The molecule has 1 heterocycles. The fraction of sp³-hybridized carbons (Fsp3) is 0.250. The lowest BCUT2D eigenvalue weighted by Crippen LogP contribution is -2.11. The lowest BCUT2D eigenvalue weighted by molar-refractivity contribution is 0.102. The summed E-state index contributed by atoms with van der Waals surface area (Å²) in [5, 5.41) is 8.81. The van der Waals surface area contributed by atoms with Crippen molar-refractivity contribution in [2.45, 2.75) is 31.3 Å². The van der Waals surface area contributed by atoms with Crippen molar-refractivity contribution in [3.05, 3.63) is 72.1 Å². The summed E-state index contributed by atoms with van der Waals surface area (Å²) in [6.07, 6.45) is 1.67. The molecule has 0 radical (unpaired) electrons. The Morgan fingerprint density at radius 2 is 1.72 bits per heavy atom. The van der Waals surface area contributed by atoms with Crippen LogP contribution in [-0.4, -0.2) is 26.3 Å². The van der Waals surface area contributed by atoms with E-state index in [1.54, 1.807) is 6.33 Å². The topological polar surface area (TPSA) is 47.8 Å². The molecule has 0 amide bonds. The van der Waals surface area contributed by atoms with E-state index in [0.29, 0.717) is 10.9 Å². The fourth-order valence-electron chi connectivity index (χ4n) is 2.46. The maximum atomic E-state index is 12.5. The van der Waals surface area contributed by atoms with Crippen LogP contribution >= 0.6 is 11.8 Å². The van der Waals surface area contributed by atoms with Crippen LogP contribution in [0.1, 0.15) is 36.7 Å². The molecule has 0 aliphatic rings. The zero-order chi connectivity index (χ0) is 17.9. The predicted molar refractivity (Wildman–Crippen MR) is 102 cm³/mol. The molecule has 3 aromatic rings. The number of thioether (sulfide) groups is 1. The van der Waals surface area contributed by atoms with Crippen LogP contribution in [0.3, 0.4) is 0 Å². The Hall–Kier alpha value is -2.40. The average molecular weight is 351 g/mol. The van der Waals surface area contributed by atoms with Crippen molar-refractivity contribution >= 4 is 17.5 Å². The second kappa shape index (κ2) is 7.23. The first kappa shape index (κ1) is 17.4. The van der Waals surface area contributed by atoms with Gasteiger partial charge in [0, 0.05) is 11.3 Å². The van der Waals surface area contributed by atoms with Gasteiger partial charge in [0.25, 0.3) is 0 Å². The third kappa shape index (κ3) is 4.17. The lowest BCUT2D eigenvalue weighted by Gasteiger charge is -2.18. The SMILES string of the molecule is CC(C)(C)c1ccc(C(=O)CSc2nncn2-c2ccccc2)cc1. The number of aromatic nitrogens is 3. The van der Waals surface area contributed by atoms with Crippen molar-refractivity contribution in [2.24, 2.45) is 0 Å². The van der Waals surface area contributed by atoms with E-state index >= 15 is 0 Å². The second-order valence-corrected chi connectivity index (χ2v) is 7.80. The van der Waals surface area contributed by atoms with Crippen LogP contribution in [-0.2, 0) is 5.41 Å². The molecule has 0 atom stereocenters. The third-order valence-corrected chi connectivity index (χ3v) is 4.90. The van der Waals surface area contributed by atoms with Crippen LogP contribution in [0.2, 0.25) is 0 Å². The minimum atomic E-state index is 0.0857. The minimum absolute atomic E-state index is 0.0857. The monoisotopic (exact) mass is 351 g/mol. The van der Waals surface area contributed by atoms with Crippen molar-refractivity contribution in [1.82, 2.24) is 14.8 Å². The fourth-order valence-corrected chi connectivity index (χ4v) is 3.28. The number of nitrogens with zero attached hydrogens (tertiary/aromatic N) is 3. The molecular weight excluding hydrogens is 330 g/mol. The summed E-state index contributed by atoms with van der Waals surface area (Å²) >= 11 is 1.40. The summed E-state index contributed by atoms with van der Waals surface area (Å²) < 4.78 is 1.89. The number of rotatable bonds is 5. The summed E-state index contributed by atoms with van der Waals surface area (Å²) in [4.78, 5) is 12.5. The van der Waals surface area contributed by atoms with Crippen molar-refractivity contribution in [3.63, 3.8) is 0 Å². The lowest BCUT2D eigenvalue weighted by atomic mass is 9.86. The summed E-state index contributed by atoms with van der Waals surface area (Å²) in [7, 11) is 0. The van der Waals surface area contributed by atoms with E-state index in [4.69, 9.17) is 0 Å². The van der Waals surface area contributed by atoms with Crippen LogP contribution in [0.5, 0.6) is 0 Å². The van der Waals surface area contributed by atoms with Crippen molar-refractivity contribution in [3.8, 4) is 5.69 Å². The average Bonchev–Trinajstić information content (AvgIpc) is 3.08. The molecule has 0 N–H and O–H groups in total. The number of carbonyl (C=O) groups excluding carboxylic acids is 1. The van der Waals surface area contributed by atoms with Gasteiger partial charge < -0.3 is 0 Å². The summed E-state index contributed by atoms with van der Waals surface area (Å²) in [5.74, 6) is 0.425. The van der Waals surface area contributed by atoms with E-state index in [0.717, 1.165) is 11.3 Å². The third-order valence-electron chi connectivity index (χ3n) is 3.96. The van der Waals surface area contributed by atoms with Gasteiger partial charge in [-0.3, -0.25) is 9.36 Å². The number of ketones is 1. The standard InChI is InChI=1S/C20H21N3OS/c1-20(2,3)16-11-9-15(10-12-16)18(24)13-25-19-22-21-14-23(19)17-7-5-4-6-8-17/h4-12,14H,13H2,1-3H3. The Morgan fingerprint density at radius 1 is 1.04 bits per heavy atom. The highest BCUT2D eigenvalue weighted by Gasteiger charge is 2.15. The molecule has 1 aromatic heterocycles. The van der Waals surface area contributed by atoms with Gasteiger partial charge in [-0.2, -0.15) is 0 Å². The molecule has 128 valence electrons. The van der Waals surface area contributed by atoms with Gasteiger partial charge in [-0.1, -0.05) is 75.0 Å². The molecule has 0 saturated carbocycles. The van der Waals surface area contributed by atoms with E-state index in [1.165, 1.54) is 17.3 Å². The van der Waals surface area contributed by atoms with E-state index in [2.05, 4.69) is 31.0 Å². The number of benzene rings is 2. The Labute approximate surface area is 152 Å². The predicted octanol–water partition coefficient (Wildman–Crippen LogP) is 4.54. The van der Waals surface area contributed by atoms with Gasteiger partial charge in [-0.25, -0.2) is 0 Å². The summed E-state index contributed by atoms with van der Waals surface area (Å²) in [5.41, 5.74) is 3.02. The first-order valence-electron chi connectivity index (χ1n) is 8.17. The molecule has 25 heavy (non-hydrogen) atoms. The largest absolute Gasteiger partial charge is 0.293 e. The molecule has 3 rings (SSSR count). The van der Waals surface area contributed by atoms with Crippen molar-refractivity contribution in [1.29, 1.82) is 0 Å². The van der Waals surface area contributed by atoms with Gasteiger partial charge >= 0.3 is 0 Å². The van der Waals surface area contributed by atoms with E-state index < -0.39 is 0 Å². The van der Waals surface area contributed by atoms with E-state index in [1.807, 2.05) is 59.2 Å². The molecular formula is C20H21N3OS. The number of hydrogen-bond acceptors (Lipinski definition) is 4. The highest BCUT2D eigenvalue weighted by molar-refractivity contribution is 7.99. The molecule has 4 nitrogen and oxygen atoms in total. The van der Waals surface area contributed by atoms with E-state index in [-0.39, 0.29) is 11.2 Å². The Bertz CT molecular complexity index is 849. The Balaban J connectivity index is 1.69. The van der Waals surface area contributed by atoms with Crippen LogP contribution < -0.4 is 0 Å². The maximum absolute atomic E-state index is 12.5. The van der Waals surface area contributed by atoms with Crippen LogP contribution in [0, 0.1) is 0 Å². The number of carbonyl (C=O) groups is 1. The first-order chi connectivity index (χ1) is 11.9. The smallest absolute Gasteiger partial charge is 0.196 e. The molecule has 0 spiro atoms. The van der Waals surface area contributed by atoms with Crippen molar-refractivity contribution in [2.75, 3.05) is 5.75 Å². The number of Topliss-reactive ketones (excluding diaryl/α,β-unsaturated/α-hetero) is 1. The van der Waals surface area contributed by atoms with Crippen molar-refractivity contribution < 1.29 is 4.79 Å². The quantitative estimate of drug-likeness (QED) is 0.500. The Morgan fingerprint density at radius 3 is 2.36 bits per heavy atom. The number of para-hydroxylation sites is 1. The van der Waals surface area contributed by atoms with Gasteiger partial charge in [-0.15, -0.1) is 10.2 Å². The molecule has 0 bridgehead atoms. The summed E-state index contributed by atoms with van der Waals surface area (Å²) in [6.45, 7) is 6.49. The van der Waals surface area contributed by atoms with Gasteiger partial charge in [0.1, 0.15) is 6.33 Å². The molecule has 2 aromatic carbocycles. The van der Waals surface area contributed by atoms with Gasteiger partial charge in [0.2, 0.25) is 0 Å². The highest BCUT2D eigenvalue weighted by atomic mass is 32.2. The molecule has 0 saturated heterocycles. The summed E-state index contributed by atoms with van der Waals surface area (Å²) in [6, 6.07) is 17.7. The normalized spacial score (nSPS) is 11.5. The van der Waals surface area contributed by atoms with E-state index in [9.17, 15) is 4.79 Å². The molecule has 0 unspecified atom stereocenters. The zero-order valence-electron chi connectivity index (χ0n) is 14.6. The maximum Gasteiger partial charge on any atom is 0.196 e. The molecule has 0 aliphatic carbocycles. The second-order valence-electron chi connectivity index (χ2n) is 6.86. The number of hydrogen-bond donors (Lipinski definition) is 0. The minimum Gasteiger partial charge on any atom is -0.293 e. The van der Waals surface area contributed by atoms with Gasteiger partial charge in [0.05, 0.1) is 5.75 Å². The first-order valence-corrected chi connectivity index (χ1v) is 9.16. The van der Waals surface area contributed by atoms with Crippen LogP contribution in [0.4, 0.5) is 0 Å². The zero-order valence-corrected chi connectivity index (χ0v) is 15.5. The van der Waals surface area contributed by atoms with Crippen LogP contribution in [0.25, 0.3) is 5.69 Å². The Kier molecular flexibility index (Phi) is 5.04. The molecule has 0 fully saturated rings.